The maximum absolute atomic E-state index is 12.2. The van der Waals surface area contributed by atoms with E-state index in [2.05, 4.69) is 5.32 Å². The number of nitrogens with one attached hydrogen (secondary N) is 1. The second kappa shape index (κ2) is 9.04. The molecule has 1 amide bonds. The molecule has 25 heavy (non-hydrogen) atoms. The van der Waals surface area contributed by atoms with Gasteiger partial charge < -0.3 is 9.73 Å². The standard InChI is InChI=1S/C18H16F2N2O2S/c1-12(13-5-3-2-4-6-13)22-17(23)14(10-21)9-15-7-8-16(24-15)11-25-18(19)20/h2-9,12,18H,11H2,1H3,(H,22,23)/b14-9+/t12-/m1/s1. The van der Waals surface area contributed by atoms with E-state index in [9.17, 15) is 18.8 Å². The summed E-state index contributed by atoms with van der Waals surface area (Å²) in [4.78, 5) is 12.2. The third-order valence-corrected chi connectivity index (χ3v) is 4.04. The number of amides is 1. The van der Waals surface area contributed by atoms with E-state index in [0.717, 1.165) is 5.56 Å². The van der Waals surface area contributed by atoms with Gasteiger partial charge in [0, 0.05) is 6.08 Å². The van der Waals surface area contributed by atoms with Gasteiger partial charge in [0.1, 0.15) is 23.2 Å². The van der Waals surface area contributed by atoms with E-state index < -0.39 is 11.7 Å². The number of halogens is 2. The van der Waals surface area contributed by atoms with Crippen LogP contribution >= 0.6 is 11.8 Å². The zero-order chi connectivity index (χ0) is 18.2. The first-order chi connectivity index (χ1) is 12.0. The maximum Gasteiger partial charge on any atom is 0.284 e. The van der Waals surface area contributed by atoms with Gasteiger partial charge in [-0.25, -0.2) is 0 Å². The smallest absolute Gasteiger partial charge is 0.284 e. The minimum Gasteiger partial charge on any atom is -0.461 e. The Morgan fingerprint density at radius 3 is 2.68 bits per heavy atom. The lowest BCUT2D eigenvalue weighted by molar-refractivity contribution is -0.117. The summed E-state index contributed by atoms with van der Waals surface area (Å²) in [7, 11) is 0. The average molecular weight is 362 g/mol. The Morgan fingerprint density at radius 2 is 2.04 bits per heavy atom. The number of benzene rings is 1. The minimum absolute atomic E-state index is 0.0185. The van der Waals surface area contributed by atoms with E-state index in [0.29, 0.717) is 17.5 Å². The molecular weight excluding hydrogens is 346 g/mol. The molecule has 1 aromatic carbocycles. The monoisotopic (exact) mass is 362 g/mol. The second-order valence-corrected chi connectivity index (χ2v) is 6.13. The van der Waals surface area contributed by atoms with Crippen LogP contribution in [0.1, 0.15) is 30.0 Å². The Labute approximate surface area is 148 Å². The van der Waals surface area contributed by atoms with E-state index in [4.69, 9.17) is 4.42 Å². The van der Waals surface area contributed by atoms with Crippen molar-refractivity contribution < 1.29 is 18.0 Å². The highest BCUT2D eigenvalue weighted by Gasteiger charge is 2.14. The molecule has 0 spiro atoms. The molecular formula is C18H16F2N2O2S. The summed E-state index contributed by atoms with van der Waals surface area (Å²) in [6.45, 7) is 1.81. The van der Waals surface area contributed by atoms with Crippen molar-refractivity contribution in [1.29, 1.82) is 5.26 Å². The number of furan rings is 1. The van der Waals surface area contributed by atoms with E-state index in [1.54, 1.807) is 6.07 Å². The van der Waals surface area contributed by atoms with Gasteiger partial charge in [-0.1, -0.05) is 42.1 Å². The van der Waals surface area contributed by atoms with Gasteiger partial charge >= 0.3 is 0 Å². The molecule has 2 aromatic rings. The molecule has 0 radical (unpaired) electrons. The summed E-state index contributed by atoms with van der Waals surface area (Å²) in [5.41, 5.74) is 0.794. The summed E-state index contributed by atoms with van der Waals surface area (Å²) in [6.07, 6.45) is 1.30. The summed E-state index contributed by atoms with van der Waals surface area (Å²) in [6, 6.07) is 14.0. The van der Waals surface area contributed by atoms with Gasteiger partial charge in [0.25, 0.3) is 11.7 Å². The van der Waals surface area contributed by atoms with Crippen LogP contribution in [0.5, 0.6) is 0 Å². The molecule has 1 heterocycles. The third-order valence-electron chi connectivity index (χ3n) is 3.33. The molecule has 7 heteroatoms. The fourth-order valence-electron chi connectivity index (χ4n) is 2.09. The molecule has 0 unspecified atom stereocenters. The number of hydrogen-bond donors (Lipinski definition) is 1. The number of carbonyl (C=O) groups excluding carboxylic acids is 1. The van der Waals surface area contributed by atoms with Crippen LogP contribution in [0.2, 0.25) is 0 Å². The quantitative estimate of drug-likeness (QED) is 0.581. The van der Waals surface area contributed by atoms with Gasteiger partial charge in [0.2, 0.25) is 0 Å². The molecule has 0 bridgehead atoms. The molecule has 1 aromatic heterocycles. The number of hydrogen-bond acceptors (Lipinski definition) is 4. The number of alkyl halides is 2. The third kappa shape index (κ3) is 5.76. The van der Waals surface area contributed by atoms with E-state index in [1.165, 1.54) is 12.1 Å². The Kier molecular flexibility index (Phi) is 6.78. The zero-order valence-electron chi connectivity index (χ0n) is 13.4. The van der Waals surface area contributed by atoms with Crippen molar-refractivity contribution in [3.8, 4) is 6.07 Å². The zero-order valence-corrected chi connectivity index (χ0v) is 14.2. The molecule has 0 aliphatic heterocycles. The highest BCUT2D eigenvalue weighted by atomic mass is 32.2. The lowest BCUT2D eigenvalue weighted by Gasteiger charge is -2.13. The molecule has 0 saturated heterocycles. The van der Waals surface area contributed by atoms with E-state index in [1.807, 2.05) is 43.3 Å². The van der Waals surface area contributed by atoms with Crippen molar-refractivity contribution in [1.82, 2.24) is 5.32 Å². The normalized spacial score (nSPS) is 12.7. The SMILES string of the molecule is C[C@@H](NC(=O)/C(C#N)=C/c1ccc(CSC(F)F)o1)c1ccccc1. The van der Waals surface area contributed by atoms with Crippen LogP contribution in [0.3, 0.4) is 0 Å². The van der Waals surface area contributed by atoms with Gasteiger partial charge in [0.05, 0.1) is 11.8 Å². The van der Waals surface area contributed by atoms with Gasteiger partial charge in [-0.15, -0.1) is 0 Å². The van der Waals surface area contributed by atoms with Crippen LogP contribution in [0.25, 0.3) is 6.08 Å². The van der Waals surface area contributed by atoms with Crippen molar-refractivity contribution in [3.05, 3.63) is 65.1 Å². The number of nitrogens with zero attached hydrogens (tertiary/aromatic N) is 1. The van der Waals surface area contributed by atoms with Crippen LogP contribution in [0.4, 0.5) is 8.78 Å². The molecule has 0 aliphatic carbocycles. The molecule has 1 atom stereocenters. The fourth-order valence-corrected chi connectivity index (χ4v) is 2.53. The van der Waals surface area contributed by atoms with Crippen molar-refractivity contribution in [2.45, 2.75) is 24.5 Å². The summed E-state index contributed by atoms with van der Waals surface area (Å²) >= 11 is 0.443. The number of thioether (sulfide) groups is 1. The molecule has 2 rings (SSSR count). The summed E-state index contributed by atoms with van der Waals surface area (Å²) < 4.78 is 29.7. The molecule has 4 nitrogen and oxygen atoms in total. The molecule has 130 valence electrons. The lowest BCUT2D eigenvalue weighted by atomic mass is 10.1. The summed E-state index contributed by atoms with van der Waals surface area (Å²) in [5.74, 6) is -2.37. The van der Waals surface area contributed by atoms with Gasteiger partial charge in [-0.2, -0.15) is 14.0 Å². The first-order valence-electron chi connectivity index (χ1n) is 7.45. The highest BCUT2D eigenvalue weighted by molar-refractivity contribution is 7.98. The lowest BCUT2D eigenvalue weighted by Crippen LogP contribution is -2.27. The van der Waals surface area contributed by atoms with Gasteiger partial charge in [-0.3, -0.25) is 4.79 Å². The first kappa shape index (κ1) is 18.7. The van der Waals surface area contributed by atoms with Crippen LogP contribution in [0.15, 0.2) is 52.5 Å². The predicted octanol–water partition coefficient (Wildman–Crippen LogP) is 4.52. The Bertz CT molecular complexity index is 782. The Morgan fingerprint density at radius 1 is 1.32 bits per heavy atom. The number of rotatable bonds is 7. The van der Waals surface area contributed by atoms with Crippen molar-refractivity contribution >= 4 is 23.7 Å². The maximum atomic E-state index is 12.2. The Balaban J connectivity index is 2.04. The van der Waals surface area contributed by atoms with Gasteiger partial charge in [0.15, 0.2) is 0 Å². The number of carbonyl (C=O) groups is 1. The van der Waals surface area contributed by atoms with Crippen LogP contribution < -0.4 is 5.32 Å². The highest BCUT2D eigenvalue weighted by Crippen LogP contribution is 2.22. The fraction of sp³-hybridized carbons (Fsp3) is 0.222. The minimum atomic E-state index is -2.48. The van der Waals surface area contributed by atoms with Crippen LogP contribution in [-0.4, -0.2) is 11.7 Å². The topological polar surface area (TPSA) is 66.0 Å². The average Bonchev–Trinajstić information content (AvgIpc) is 3.06. The van der Waals surface area contributed by atoms with Crippen molar-refractivity contribution in [3.63, 3.8) is 0 Å². The van der Waals surface area contributed by atoms with Crippen molar-refractivity contribution in [2.75, 3.05) is 0 Å². The Hall–Kier alpha value is -2.59. The molecule has 0 aliphatic rings. The van der Waals surface area contributed by atoms with Crippen LogP contribution in [-0.2, 0) is 10.5 Å². The largest absolute Gasteiger partial charge is 0.461 e. The summed E-state index contributed by atoms with van der Waals surface area (Å²) in [5, 5.41) is 11.9. The predicted molar refractivity (Wildman–Crippen MR) is 92.6 cm³/mol. The van der Waals surface area contributed by atoms with E-state index in [-0.39, 0.29) is 23.1 Å². The van der Waals surface area contributed by atoms with E-state index >= 15 is 0 Å². The van der Waals surface area contributed by atoms with Gasteiger partial charge in [-0.05, 0) is 24.6 Å². The van der Waals surface area contributed by atoms with Crippen molar-refractivity contribution in [2.24, 2.45) is 0 Å². The molecule has 1 N–H and O–H groups in total. The molecule has 0 fully saturated rings. The second-order valence-electron chi connectivity index (χ2n) is 5.15. The first-order valence-corrected chi connectivity index (χ1v) is 8.50. The van der Waals surface area contributed by atoms with Crippen LogP contribution in [0, 0.1) is 11.3 Å². The number of nitriles is 1. The molecule has 0 saturated carbocycles.